The zero-order valence-corrected chi connectivity index (χ0v) is 76.3. The van der Waals surface area contributed by atoms with Gasteiger partial charge in [-0.2, -0.15) is 5.10 Å². The van der Waals surface area contributed by atoms with Crippen molar-refractivity contribution in [3.05, 3.63) is 24.7 Å². The molecule has 0 radical (unpaired) electrons. The Morgan fingerprint density at radius 2 is 0.872 bits per heavy atom. The second-order valence-electron chi connectivity index (χ2n) is 4.58. The number of aliphatic imine (C=N–C) groups is 1. The smallest absolute Gasteiger partial charge is 0.127 e. The minimum atomic E-state index is 0. The standard InChI is InChI=1S/C7H13N3.C6H11N3.CH4.19W/c1-6-5-7(8-2)10(4)9(6)3;1-5-7-9(4)6(2)8(5)3;;;;;;;;;;;;;;;;;;;;/h1,5H2,2-4H3;2H2,1,3-4H3;1H4;;;;;;;;;;;;;;;;;;;. The normalized spacial score (nSPS) is 10.3. The number of hydrogen-bond acceptors (Lipinski definition) is 5. The van der Waals surface area contributed by atoms with Crippen molar-refractivity contribution in [1.29, 1.82) is 0 Å². The maximum atomic E-state index is 4.13. The van der Waals surface area contributed by atoms with Crippen LogP contribution in [0.2, 0.25) is 0 Å². The summed E-state index contributed by atoms with van der Waals surface area (Å²) >= 11 is 0. The molecular weight excluding hydrogens is 3750 g/mol. The van der Waals surface area contributed by atoms with Gasteiger partial charge in [0.2, 0.25) is 0 Å². The Labute approximate surface area is 510 Å². The molecule has 1 saturated heterocycles. The number of hydrazone groups is 1. The minimum Gasteiger partial charge on any atom is -0.317 e. The van der Waals surface area contributed by atoms with E-state index in [-0.39, 0.29) is 408 Å². The molecular formula is C14H28N6W19. The van der Waals surface area contributed by atoms with E-state index in [1.165, 1.54) is 0 Å². The fraction of sp³-hybridized carbons (Fsp3) is 0.571. The van der Waals surface area contributed by atoms with E-state index in [0.717, 1.165) is 29.6 Å². The van der Waals surface area contributed by atoms with Gasteiger partial charge in [-0.15, -0.1) is 0 Å². The summed E-state index contributed by atoms with van der Waals surface area (Å²) in [6.07, 6.45) is 0.878. The third kappa shape index (κ3) is 53.5. The molecule has 6 nitrogen and oxygen atoms in total. The van der Waals surface area contributed by atoms with E-state index in [0.29, 0.717) is 0 Å². The number of hydrogen-bond donors (Lipinski definition) is 0. The molecule has 2 rings (SSSR count). The van der Waals surface area contributed by atoms with Crippen molar-refractivity contribution in [2.24, 2.45) is 10.1 Å². The molecule has 0 N–H and O–H groups in total. The van der Waals surface area contributed by atoms with Gasteiger partial charge in [0.05, 0.1) is 0 Å². The molecule has 25 heteroatoms. The van der Waals surface area contributed by atoms with E-state index in [1.807, 2.05) is 50.0 Å². The minimum absolute atomic E-state index is 0. The van der Waals surface area contributed by atoms with E-state index in [2.05, 4.69) is 23.3 Å². The molecule has 0 atom stereocenters. The van der Waals surface area contributed by atoms with Crippen molar-refractivity contribution >= 4 is 11.7 Å². The average molecular weight is 3770 g/mol. The molecule has 0 spiro atoms. The van der Waals surface area contributed by atoms with Crippen LogP contribution in [0.4, 0.5) is 0 Å². The number of nitrogens with zero attached hydrogens (tertiary/aromatic N) is 6. The van der Waals surface area contributed by atoms with E-state index < -0.39 is 0 Å². The van der Waals surface area contributed by atoms with Crippen molar-refractivity contribution in [2.75, 3.05) is 35.2 Å². The van der Waals surface area contributed by atoms with Crippen molar-refractivity contribution in [2.45, 2.75) is 20.8 Å². The van der Waals surface area contributed by atoms with Crippen LogP contribution in [0.25, 0.3) is 0 Å². The maximum Gasteiger partial charge on any atom is 0.127 e. The van der Waals surface area contributed by atoms with Crippen LogP contribution in [0, 0.1) is 0 Å². The van der Waals surface area contributed by atoms with Gasteiger partial charge in [-0.05, 0) is 6.92 Å². The Bertz CT molecular complexity index is 476. The van der Waals surface area contributed by atoms with Gasteiger partial charge in [0.1, 0.15) is 17.5 Å². The fourth-order valence-electron chi connectivity index (χ4n) is 1.77. The van der Waals surface area contributed by atoms with Crippen LogP contribution in [0.5, 0.6) is 0 Å². The van der Waals surface area contributed by atoms with Crippen molar-refractivity contribution < 1.29 is 400 Å². The molecule has 0 aliphatic carbocycles. The van der Waals surface area contributed by atoms with E-state index >= 15 is 0 Å². The van der Waals surface area contributed by atoms with Gasteiger partial charge in [0, 0.05) is 448 Å². The van der Waals surface area contributed by atoms with Crippen LogP contribution in [-0.2, 0) is 400 Å². The third-order valence-electron chi connectivity index (χ3n) is 3.44. The zero-order chi connectivity index (χ0) is 14.7. The fourth-order valence-corrected chi connectivity index (χ4v) is 1.77. The van der Waals surface area contributed by atoms with Gasteiger partial charge in [0.25, 0.3) is 0 Å². The van der Waals surface area contributed by atoms with Crippen LogP contribution in [0.15, 0.2) is 34.8 Å². The third-order valence-corrected chi connectivity index (χ3v) is 3.44. The van der Waals surface area contributed by atoms with Crippen LogP contribution in [-0.4, -0.2) is 66.8 Å². The van der Waals surface area contributed by atoms with Gasteiger partial charge in [-0.25, -0.2) is 0 Å². The van der Waals surface area contributed by atoms with Crippen LogP contribution in [0.3, 0.4) is 0 Å². The zero-order valence-electron chi connectivity index (χ0n) is 20.6. The van der Waals surface area contributed by atoms with E-state index in [4.69, 9.17) is 0 Å². The SMILES string of the molecule is C.C=C1CC(=NC)N(C)N1C.C=C1N(C)N=C(C)N1C.[W].[W].[W].[W].[W].[W].[W].[W].[W].[W].[W].[W].[W].[W].[W].[W].[W].[W].[W]. The monoisotopic (exact) mass is 3780 g/mol. The first-order valence-corrected chi connectivity index (χ1v) is 6.12. The molecule has 0 bridgehead atoms. The predicted octanol–water partition coefficient (Wildman–Crippen LogP) is 1.97. The number of amidine groups is 2. The second-order valence-corrected chi connectivity index (χ2v) is 4.58. The predicted molar refractivity (Wildman–Crippen MR) is 87.1 cm³/mol. The molecule has 39 heavy (non-hydrogen) atoms. The Hall–Kier alpha value is 11.1. The summed E-state index contributed by atoms with van der Waals surface area (Å²) in [5.41, 5.74) is 1.10. The first-order chi connectivity index (χ1) is 8.79. The molecule has 0 saturated carbocycles. The summed E-state index contributed by atoms with van der Waals surface area (Å²) in [5.74, 6) is 2.99. The van der Waals surface area contributed by atoms with Gasteiger partial charge in [-0.3, -0.25) is 20.0 Å². The molecule has 0 aromatic carbocycles. The summed E-state index contributed by atoms with van der Waals surface area (Å²) in [5, 5.41) is 9.89. The van der Waals surface area contributed by atoms with Crippen molar-refractivity contribution in [1.82, 2.24) is 19.9 Å². The number of hydrazine groups is 1. The van der Waals surface area contributed by atoms with Crippen LogP contribution >= 0.6 is 0 Å². The molecule has 0 amide bonds. The second kappa shape index (κ2) is 78.3. The summed E-state index contributed by atoms with van der Waals surface area (Å²) in [6.45, 7) is 9.64. The Kier molecular flexibility index (Phi) is 267. The topological polar surface area (TPSA) is 37.7 Å². The van der Waals surface area contributed by atoms with Crippen molar-refractivity contribution in [3.63, 3.8) is 0 Å². The molecule has 2 aliphatic heterocycles. The first kappa shape index (κ1) is 133. The summed E-state index contributed by atoms with van der Waals surface area (Å²) in [7, 11) is 9.61. The average Bonchev–Trinajstić information content (AvgIpc) is 2.75. The van der Waals surface area contributed by atoms with E-state index in [9.17, 15) is 0 Å². The maximum absolute atomic E-state index is 4.13. The Morgan fingerprint density at radius 1 is 0.590 bits per heavy atom. The van der Waals surface area contributed by atoms with Gasteiger partial charge >= 0.3 is 0 Å². The largest absolute Gasteiger partial charge is 0.317 e. The van der Waals surface area contributed by atoms with Gasteiger partial charge in [-0.1, -0.05) is 20.6 Å². The molecule has 2 heterocycles. The Balaban J connectivity index is -0.00000000681. The molecule has 1 fully saturated rings. The van der Waals surface area contributed by atoms with Crippen LogP contribution < -0.4 is 0 Å². The molecule has 0 aromatic rings. The number of rotatable bonds is 0. The van der Waals surface area contributed by atoms with Crippen LogP contribution in [0.1, 0.15) is 20.8 Å². The summed E-state index contributed by atoms with van der Waals surface area (Å²) in [6, 6.07) is 0. The molecule has 2 aliphatic rings. The summed E-state index contributed by atoms with van der Waals surface area (Å²) in [4.78, 5) is 6.05. The van der Waals surface area contributed by atoms with Gasteiger partial charge < -0.3 is 4.90 Å². The van der Waals surface area contributed by atoms with Gasteiger partial charge in [0.15, 0.2) is 0 Å². The molecule has 0 aromatic heterocycles. The summed E-state index contributed by atoms with van der Waals surface area (Å²) < 4.78 is 0. The molecule has 228 valence electrons. The van der Waals surface area contributed by atoms with E-state index in [1.54, 1.807) is 12.1 Å². The molecule has 0 unspecified atom stereocenters. The quantitative estimate of drug-likeness (QED) is 0.373. The Morgan fingerprint density at radius 3 is 0.949 bits per heavy atom. The van der Waals surface area contributed by atoms with Crippen molar-refractivity contribution in [3.8, 4) is 0 Å². The first-order valence-electron chi connectivity index (χ1n) is 6.12.